The fourth-order valence-electron chi connectivity index (χ4n) is 3.55. The van der Waals surface area contributed by atoms with E-state index in [2.05, 4.69) is 52.7 Å². The first-order valence-corrected chi connectivity index (χ1v) is 8.09. The second-order valence-electron chi connectivity index (χ2n) is 6.15. The summed E-state index contributed by atoms with van der Waals surface area (Å²) in [7, 11) is 0. The molecule has 0 spiro atoms. The summed E-state index contributed by atoms with van der Waals surface area (Å²) in [4.78, 5) is 2.59. The highest BCUT2D eigenvalue weighted by atomic mass is 35.5. The minimum absolute atomic E-state index is 0. The summed E-state index contributed by atoms with van der Waals surface area (Å²) in [6, 6.07) is 11.4. The predicted molar refractivity (Wildman–Crippen MR) is 92.9 cm³/mol. The zero-order valence-corrected chi connectivity index (χ0v) is 13.5. The third kappa shape index (κ3) is 4.84. The van der Waals surface area contributed by atoms with Crippen molar-refractivity contribution < 1.29 is 0 Å². The molecule has 2 saturated heterocycles. The van der Waals surface area contributed by atoms with E-state index in [1.807, 2.05) is 0 Å². The molecule has 2 heterocycles. The molecule has 0 aliphatic carbocycles. The maximum absolute atomic E-state index is 3.67. The summed E-state index contributed by atoms with van der Waals surface area (Å²) in [5.41, 5.74) is 1.30. The largest absolute Gasteiger partial charge is 0.314 e. The van der Waals surface area contributed by atoms with Crippen LogP contribution in [0.2, 0.25) is 0 Å². The monoisotopic (exact) mass is 306 g/mol. The van der Waals surface area contributed by atoms with E-state index in [4.69, 9.17) is 0 Å². The molecule has 0 radical (unpaired) electrons. The summed E-state index contributed by atoms with van der Waals surface area (Å²) in [5.74, 6) is 0.923. The Labute approximate surface area is 135 Å². The topological polar surface area (TPSA) is 15.3 Å². The van der Waals surface area contributed by atoms with Crippen molar-refractivity contribution in [1.82, 2.24) is 10.2 Å². The van der Waals surface area contributed by atoms with Gasteiger partial charge in [0.25, 0.3) is 0 Å². The SMILES string of the molecule is C(=C\c1ccccc1)/CN1CCC(C2CCCN2)CC1.Cl. The van der Waals surface area contributed by atoms with Gasteiger partial charge < -0.3 is 5.32 Å². The lowest BCUT2D eigenvalue weighted by Crippen LogP contribution is -2.40. The van der Waals surface area contributed by atoms with E-state index < -0.39 is 0 Å². The number of hydrogen-bond acceptors (Lipinski definition) is 2. The van der Waals surface area contributed by atoms with Crippen LogP contribution in [0.5, 0.6) is 0 Å². The Morgan fingerprint density at radius 3 is 2.52 bits per heavy atom. The number of rotatable bonds is 4. The van der Waals surface area contributed by atoms with Gasteiger partial charge in [-0.3, -0.25) is 4.90 Å². The molecule has 1 N–H and O–H groups in total. The zero-order chi connectivity index (χ0) is 13.6. The van der Waals surface area contributed by atoms with Gasteiger partial charge in [0, 0.05) is 12.6 Å². The summed E-state index contributed by atoms with van der Waals surface area (Å²) in [5, 5.41) is 3.67. The highest BCUT2D eigenvalue weighted by molar-refractivity contribution is 5.85. The average Bonchev–Trinajstić information content (AvgIpc) is 3.03. The van der Waals surface area contributed by atoms with Gasteiger partial charge in [-0.05, 0) is 56.8 Å². The van der Waals surface area contributed by atoms with Gasteiger partial charge in [-0.1, -0.05) is 42.5 Å². The highest BCUT2D eigenvalue weighted by Gasteiger charge is 2.27. The number of nitrogens with one attached hydrogen (secondary N) is 1. The molecule has 3 heteroatoms. The first-order valence-electron chi connectivity index (χ1n) is 8.09. The molecule has 1 unspecified atom stereocenters. The molecule has 21 heavy (non-hydrogen) atoms. The molecule has 0 saturated carbocycles. The van der Waals surface area contributed by atoms with Gasteiger partial charge in [-0.25, -0.2) is 0 Å². The Balaban J connectivity index is 0.00000161. The molecule has 1 atom stereocenters. The zero-order valence-electron chi connectivity index (χ0n) is 12.7. The quantitative estimate of drug-likeness (QED) is 0.914. The number of hydrogen-bond donors (Lipinski definition) is 1. The minimum atomic E-state index is 0. The number of benzene rings is 1. The fourth-order valence-corrected chi connectivity index (χ4v) is 3.55. The molecule has 0 amide bonds. The minimum Gasteiger partial charge on any atom is -0.314 e. The van der Waals surface area contributed by atoms with Crippen LogP contribution >= 0.6 is 12.4 Å². The standard InChI is InChI=1S/C18H26N2.ClH/c1-2-6-16(7-3-1)8-5-13-20-14-10-17(11-15-20)18-9-4-12-19-18;/h1-3,5-8,17-19H,4,9-15H2;1H/b8-5+;. The van der Waals surface area contributed by atoms with Gasteiger partial charge in [-0.2, -0.15) is 0 Å². The van der Waals surface area contributed by atoms with Crippen LogP contribution in [0, 0.1) is 5.92 Å². The van der Waals surface area contributed by atoms with Gasteiger partial charge in [0.2, 0.25) is 0 Å². The second kappa shape index (κ2) is 8.57. The van der Waals surface area contributed by atoms with E-state index in [-0.39, 0.29) is 12.4 Å². The molecule has 2 aliphatic rings. The van der Waals surface area contributed by atoms with Crippen molar-refractivity contribution in [3.8, 4) is 0 Å². The first kappa shape index (κ1) is 16.5. The highest BCUT2D eigenvalue weighted by Crippen LogP contribution is 2.25. The normalized spacial score (nSPS) is 24.3. The van der Waals surface area contributed by atoms with Crippen LogP contribution in [0.4, 0.5) is 0 Å². The van der Waals surface area contributed by atoms with Gasteiger partial charge in [0.1, 0.15) is 0 Å². The molecule has 2 nitrogen and oxygen atoms in total. The lowest BCUT2D eigenvalue weighted by molar-refractivity contribution is 0.177. The molecular weight excluding hydrogens is 280 g/mol. The van der Waals surface area contributed by atoms with E-state index in [0.717, 1.165) is 18.5 Å². The van der Waals surface area contributed by atoms with Crippen LogP contribution in [0.15, 0.2) is 36.4 Å². The Morgan fingerprint density at radius 1 is 1.10 bits per heavy atom. The molecule has 1 aromatic rings. The van der Waals surface area contributed by atoms with Crippen LogP contribution in [0.3, 0.4) is 0 Å². The number of halogens is 1. The second-order valence-corrected chi connectivity index (χ2v) is 6.15. The molecule has 0 aromatic heterocycles. The van der Waals surface area contributed by atoms with E-state index in [9.17, 15) is 0 Å². The lowest BCUT2D eigenvalue weighted by atomic mass is 9.88. The number of likely N-dealkylation sites (tertiary alicyclic amines) is 1. The van der Waals surface area contributed by atoms with E-state index in [1.54, 1.807) is 0 Å². The molecular formula is C18H27ClN2. The Morgan fingerprint density at radius 2 is 1.86 bits per heavy atom. The van der Waals surface area contributed by atoms with Crippen molar-refractivity contribution in [2.45, 2.75) is 31.7 Å². The van der Waals surface area contributed by atoms with Crippen LogP contribution in [-0.2, 0) is 0 Å². The van der Waals surface area contributed by atoms with Gasteiger partial charge >= 0.3 is 0 Å². The Bertz CT molecular complexity index is 418. The van der Waals surface area contributed by atoms with Gasteiger partial charge in [0.15, 0.2) is 0 Å². The molecule has 116 valence electrons. The van der Waals surface area contributed by atoms with Crippen LogP contribution in [0.25, 0.3) is 6.08 Å². The van der Waals surface area contributed by atoms with Crippen molar-refractivity contribution in [3.05, 3.63) is 42.0 Å². The number of piperidine rings is 1. The first-order chi connectivity index (χ1) is 9.92. The summed E-state index contributed by atoms with van der Waals surface area (Å²) >= 11 is 0. The van der Waals surface area contributed by atoms with E-state index in [0.29, 0.717) is 0 Å². The van der Waals surface area contributed by atoms with Crippen LogP contribution < -0.4 is 5.32 Å². The molecule has 2 aliphatic heterocycles. The molecule has 2 fully saturated rings. The van der Waals surface area contributed by atoms with Crippen molar-refractivity contribution in [2.75, 3.05) is 26.2 Å². The molecule has 0 bridgehead atoms. The van der Waals surface area contributed by atoms with Crippen molar-refractivity contribution in [1.29, 1.82) is 0 Å². The number of nitrogens with zero attached hydrogens (tertiary/aromatic N) is 1. The fraction of sp³-hybridized carbons (Fsp3) is 0.556. The smallest absolute Gasteiger partial charge is 0.0166 e. The maximum Gasteiger partial charge on any atom is 0.0166 e. The van der Waals surface area contributed by atoms with Gasteiger partial charge in [-0.15, -0.1) is 12.4 Å². The summed E-state index contributed by atoms with van der Waals surface area (Å²) in [6.45, 7) is 4.87. The Hall–Kier alpha value is -0.830. The summed E-state index contributed by atoms with van der Waals surface area (Å²) in [6.07, 6.45) is 10.1. The van der Waals surface area contributed by atoms with Crippen molar-refractivity contribution in [3.63, 3.8) is 0 Å². The lowest BCUT2D eigenvalue weighted by Gasteiger charge is -2.34. The summed E-state index contributed by atoms with van der Waals surface area (Å²) < 4.78 is 0. The average molecular weight is 307 g/mol. The van der Waals surface area contributed by atoms with Crippen molar-refractivity contribution >= 4 is 18.5 Å². The molecule has 1 aromatic carbocycles. The van der Waals surface area contributed by atoms with Crippen molar-refractivity contribution in [2.24, 2.45) is 5.92 Å². The van der Waals surface area contributed by atoms with E-state index >= 15 is 0 Å². The van der Waals surface area contributed by atoms with E-state index in [1.165, 1.54) is 50.9 Å². The van der Waals surface area contributed by atoms with Crippen LogP contribution in [-0.4, -0.2) is 37.1 Å². The predicted octanol–water partition coefficient (Wildman–Crippen LogP) is 3.59. The van der Waals surface area contributed by atoms with Crippen LogP contribution in [0.1, 0.15) is 31.2 Å². The van der Waals surface area contributed by atoms with Gasteiger partial charge in [0.05, 0.1) is 0 Å². The third-order valence-electron chi connectivity index (χ3n) is 4.77. The Kier molecular flexibility index (Phi) is 6.75. The third-order valence-corrected chi connectivity index (χ3v) is 4.77. The maximum atomic E-state index is 3.67. The molecule has 3 rings (SSSR count).